The van der Waals surface area contributed by atoms with Crippen molar-refractivity contribution in [2.45, 2.75) is 25.4 Å². The van der Waals surface area contributed by atoms with Gasteiger partial charge in [-0.3, -0.25) is 0 Å². The fourth-order valence-electron chi connectivity index (χ4n) is 2.00. The van der Waals surface area contributed by atoms with E-state index in [2.05, 4.69) is 5.32 Å². The van der Waals surface area contributed by atoms with Gasteiger partial charge in [-0.05, 0) is 43.5 Å². The normalized spacial score (nSPS) is 19.8. The van der Waals surface area contributed by atoms with Crippen LogP contribution < -0.4 is 5.32 Å². The van der Waals surface area contributed by atoms with Crippen LogP contribution in [-0.2, 0) is 11.2 Å². The van der Waals surface area contributed by atoms with Crippen LogP contribution in [0.2, 0.25) is 10.0 Å². The highest BCUT2D eigenvalue weighted by atomic mass is 35.5. The molecule has 1 aliphatic rings. The van der Waals surface area contributed by atoms with Gasteiger partial charge in [-0.1, -0.05) is 29.3 Å². The van der Waals surface area contributed by atoms with E-state index in [0.717, 1.165) is 26.1 Å². The average molecular weight is 274 g/mol. The maximum absolute atomic E-state index is 5.96. The van der Waals surface area contributed by atoms with Crippen LogP contribution in [0, 0.1) is 0 Å². The first-order valence-electron chi connectivity index (χ1n) is 6.02. The van der Waals surface area contributed by atoms with Crippen LogP contribution in [0.1, 0.15) is 18.4 Å². The molecule has 1 aromatic carbocycles. The second-order valence-electron chi connectivity index (χ2n) is 4.34. The Morgan fingerprint density at radius 2 is 2.18 bits per heavy atom. The molecule has 0 saturated carbocycles. The summed E-state index contributed by atoms with van der Waals surface area (Å²) in [5.74, 6) is 0. The Kier molecular flexibility index (Phi) is 5.11. The van der Waals surface area contributed by atoms with Crippen molar-refractivity contribution >= 4 is 23.2 Å². The molecular formula is C13H17Cl2NO. The van der Waals surface area contributed by atoms with E-state index in [4.69, 9.17) is 27.9 Å². The Bertz CT molecular complexity index is 364. The standard InChI is InChI=1S/C13H17Cl2NO/c14-12-4-3-10(8-13(12)15)5-6-16-9-11-2-1-7-17-11/h3-4,8,11,16H,1-2,5-7,9H2. The monoisotopic (exact) mass is 273 g/mol. The molecule has 1 saturated heterocycles. The van der Waals surface area contributed by atoms with E-state index in [0.29, 0.717) is 16.1 Å². The molecule has 94 valence electrons. The smallest absolute Gasteiger partial charge is 0.0700 e. The number of halogens is 2. The molecule has 0 aliphatic carbocycles. The molecule has 1 fully saturated rings. The fraction of sp³-hybridized carbons (Fsp3) is 0.538. The topological polar surface area (TPSA) is 21.3 Å². The minimum atomic E-state index is 0.406. The quantitative estimate of drug-likeness (QED) is 0.832. The van der Waals surface area contributed by atoms with Crippen LogP contribution in [-0.4, -0.2) is 25.8 Å². The second-order valence-corrected chi connectivity index (χ2v) is 5.15. The summed E-state index contributed by atoms with van der Waals surface area (Å²) in [6, 6.07) is 5.79. The van der Waals surface area contributed by atoms with Gasteiger partial charge in [-0.15, -0.1) is 0 Å². The van der Waals surface area contributed by atoms with Crippen molar-refractivity contribution in [3.63, 3.8) is 0 Å². The molecule has 1 aliphatic heterocycles. The van der Waals surface area contributed by atoms with Crippen molar-refractivity contribution in [2.75, 3.05) is 19.7 Å². The first kappa shape index (κ1) is 13.2. The zero-order valence-electron chi connectivity index (χ0n) is 9.72. The Labute approximate surface area is 112 Å². The van der Waals surface area contributed by atoms with Crippen LogP contribution in [0.4, 0.5) is 0 Å². The minimum Gasteiger partial charge on any atom is -0.377 e. The number of ether oxygens (including phenoxy) is 1. The van der Waals surface area contributed by atoms with E-state index in [1.165, 1.54) is 18.4 Å². The molecule has 2 nitrogen and oxygen atoms in total. The molecule has 0 aromatic heterocycles. The lowest BCUT2D eigenvalue weighted by Gasteiger charge is -2.10. The summed E-state index contributed by atoms with van der Waals surface area (Å²) in [5.41, 5.74) is 1.21. The number of rotatable bonds is 5. The first-order chi connectivity index (χ1) is 8.25. The van der Waals surface area contributed by atoms with Crippen molar-refractivity contribution in [1.29, 1.82) is 0 Å². The molecule has 0 spiro atoms. The molecular weight excluding hydrogens is 257 g/mol. The third kappa shape index (κ3) is 4.14. The third-order valence-electron chi connectivity index (χ3n) is 2.97. The fourth-order valence-corrected chi connectivity index (χ4v) is 2.32. The number of nitrogens with one attached hydrogen (secondary N) is 1. The van der Waals surface area contributed by atoms with Crippen LogP contribution in [0.15, 0.2) is 18.2 Å². The predicted molar refractivity (Wildman–Crippen MR) is 72.0 cm³/mol. The predicted octanol–water partition coefficient (Wildman–Crippen LogP) is 3.30. The molecule has 1 N–H and O–H groups in total. The summed E-state index contributed by atoms with van der Waals surface area (Å²) >= 11 is 11.8. The third-order valence-corrected chi connectivity index (χ3v) is 3.71. The lowest BCUT2D eigenvalue weighted by atomic mass is 10.1. The van der Waals surface area contributed by atoms with Crippen LogP contribution in [0.3, 0.4) is 0 Å². The van der Waals surface area contributed by atoms with E-state index >= 15 is 0 Å². The Morgan fingerprint density at radius 3 is 2.88 bits per heavy atom. The van der Waals surface area contributed by atoms with Crippen molar-refractivity contribution in [1.82, 2.24) is 5.32 Å². The van der Waals surface area contributed by atoms with Crippen molar-refractivity contribution in [2.24, 2.45) is 0 Å². The number of hydrogen-bond donors (Lipinski definition) is 1. The Hall–Kier alpha value is -0.280. The maximum atomic E-state index is 5.96. The lowest BCUT2D eigenvalue weighted by Crippen LogP contribution is -2.27. The summed E-state index contributed by atoms with van der Waals surface area (Å²) in [6.45, 7) is 2.80. The highest BCUT2D eigenvalue weighted by Crippen LogP contribution is 2.22. The largest absolute Gasteiger partial charge is 0.377 e. The molecule has 0 radical (unpaired) electrons. The molecule has 0 amide bonds. The van der Waals surface area contributed by atoms with Gasteiger partial charge in [-0.25, -0.2) is 0 Å². The average Bonchev–Trinajstić information content (AvgIpc) is 2.82. The molecule has 1 atom stereocenters. The van der Waals surface area contributed by atoms with Gasteiger partial charge in [0.05, 0.1) is 16.1 Å². The lowest BCUT2D eigenvalue weighted by molar-refractivity contribution is 0.110. The summed E-state index contributed by atoms with van der Waals surface area (Å²) < 4.78 is 5.54. The summed E-state index contributed by atoms with van der Waals surface area (Å²) in [5, 5.41) is 4.65. The summed E-state index contributed by atoms with van der Waals surface area (Å²) in [7, 11) is 0. The van der Waals surface area contributed by atoms with Gasteiger partial charge < -0.3 is 10.1 Å². The first-order valence-corrected chi connectivity index (χ1v) is 6.77. The van der Waals surface area contributed by atoms with E-state index in [-0.39, 0.29) is 0 Å². The molecule has 0 bridgehead atoms. The Morgan fingerprint density at radius 1 is 1.29 bits per heavy atom. The van der Waals surface area contributed by atoms with Crippen molar-refractivity contribution in [3.05, 3.63) is 33.8 Å². The maximum Gasteiger partial charge on any atom is 0.0700 e. The van der Waals surface area contributed by atoms with Gasteiger partial charge in [0.15, 0.2) is 0 Å². The second kappa shape index (κ2) is 6.60. The van der Waals surface area contributed by atoms with Gasteiger partial charge in [0.2, 0.25) is 0 Å². The SMILES string of the molecule is Clc1ccc(CCNCC2CCCO2)cc1Cl. The molecule has 2 rings (SSSR count). The zero-order valence-corrected chi connectivity index (χ0v) is 11.2. The van der Waals surface area contributed by atoms with Crippen LogP contribution in [0.25, 0.3) is 0 Å². The van der Waals surface area contributed by atoms with Crippen molar-refractivity contribution in [3.8, 4) is 0 Å². The molecule has 1 unspecified atom stereocenters. The summed E-state index contributed by atoms with van der Waals surface area (Å²) in [4.78, 5) is 0. The van der Waals surface area contributed by atoms with Gasteiger partial charge in [0, 0.05) is 13.2 Å². The van der Waals surface area contributed by atoms with E-state index in [9.17, 15) is 0 Å². The van der Waals surface area contributed by atoms with Gasteiger partial charge >= 0.3 is 0 Å². The van der Waals surface area contributed by atoms with E-state index < -0.39 is 0 Å². The van der Waals surface area contributed by atoms with E-state index in [1.54, 1.807) is 0 Å². The Balaban J connectivity index is 1.68. The van der Waals surface area contributed by atoms with Crippen molar-refractivity contribution < 1.29 is 4.74 Å². The van der Waals surface area contributed by atoms with Crippen LogP contribution >= 0.6 is 23.2 Å². The molecule has 4 heteroatoms. The minimum absolute atomic E-state index is 0.406. The molecule has 1 aromatic rings. The highest BCUT2D eigenvalue weighted by molar-refractivity contribution is 6.42. The van der Waals surface area contributed by atoms with Gasteiger partial charge in [-0.2, -0.15) is 0 Å². The molecule has 17 heavy (non-hydrogen) atoms. The number of hydrogen-bond acceptors (Lipinski definition) is 2. The summed E-state index contributed by atoms with van der Waals surface area (Å²) in [6.07, 6.45) is 3.74. The number of benzene rings is 1. The van der Waals surface area contributed by atoms with Gasteiger partial charge in [0.25, 0.3) is 0 Å². The zero-order chi connectivity index (χ0) is 12.1. The van der Waals surface area contributed by atoms with Crippen LogP contribution in [0.5, 0.6) is 0 Å². The van der Waals surface area contributed by atoms with Gasteiger partial charge in [0.1, 0.15) is 0 Å². The highest BCUT2D eigenvalue weighted by Gasteiger charge is 2.14. The van der Waals surface area contributed by atoms with E-state index in [1.807, 2.05) is 18.2 Å². The molecule has 1 heterocycles.